The Kier molecular flexibility index (Phi) is 1.87. The van der Waals surface area contributed by atoms with Crippen molar-refractivity contribution in [1.82, 2.24) is 10.3 Å². The molecule has 1 aromatic rings. The molecule has 0 radical (unpaired) electrons. The molecule has 0 spiro atoms. The normalized spacial score (nSPS) is 32.6. The molecule has 1 saturated heterocycles. The van der Waals surface area contributed by atoms with Gasteiger partial charge in [0.25, 0.3) is 0 Å². The molecule has 2 fully saturated rings. The van der Waals surface area contributed by atoms with Crippen LogP contribution in [0.2, 0.25) is 0 Å². The third kappa shape index (κ3) is 1.34. The van der Waals surface area contributed by atoms with Gasteiger partial charge in [0.2, 0.25) is 0 Å². The summed E-state index contributed by atoms with van der Waals surface area (Å²) < 4.78 is 37.0. The summed E-state index contributed by atoms with van der Waals surface area (Å²) in [6, 6.07) is 2.65. The van der Waals surface area contributed by atoms with Gasteiger partial charge >= 0.3 is 6.18 Å². The van der Waals surface area contributed by atoms with Gasteiger partial charge in [0, 0.05) is 18.2 Å². The summed E-state index contributed by atoms with van der Waals surface area (Å²) in [5, 5.41) is 3.26. The van der Waals surface area contributed by atoms with E-state index in [2.05, 4.69) is 10.3 Å². The Balaban J connectivity index is 1.89. The van der Waals surface area contributed by atoms with Crippen LogP contribution < -0.4 is 5.32 Å². The minimum atomic E-state index is -4.34. The van der Waals surface area contributed by atoms with Crippen LogP contribution in [0.15, 0.2) is 18.3 Å². The molecule has 3 rings (SSSR count). The summed E-state index contributed by atoms with van der Waals surface area (Å²) in [6.45, 7) is 1.84. The second-order valence-electron chi connectivity index (χ2n) is 4.62. The predicted octanol–water partition coefficient (Wildman–Crippen LogP) is 1.96. The molecule has 16 heavy (non-hydrogen) atoms. The average molecular weight is 228 g/mol. The molecule has 5 heteroatoms. The van der Waals surface area contributed by atoms with Crippen molar-refractivity contribution in [3.8, 4) is 0 Å². The van der Waals surface area contributed by atoms with E-state index in [1.165, 1.54) is 6.20 Å². The fraction of sp³-hybridized carbons (Fsp3) is 0.545. The van der Waals surface area contributed by atoms with Gasteiger partial charge in [0.05, 0.1) is 0 Å². The molecule has 2 aliphatic rings. The number of piperidine rings is 1. The molecule has 1 aromatic heterocycles. The fourth-order valence-electron chi connectivity index (χ4n) is 2.65. The van der Waals surface area contributed by atoms with Crippen molar-refractivity contribution in [2.75, 3.05) is 13.1 Å². The number of fused-ring (bicyclic) bond motifs is 1. The lowest BCUT2D eigenvalue weighted by atomic mass is 9.97. The van der Waals surface area contributed by atoms with E-state index >= 15 is 0 Å². The molecule has 1 saturated carbocycles. The second kappa shape index (κ2) is 2.97. The molecule has 2 nitrogen and oxygen atoms in total. The van der Waals surface area contributed by atoms with Gasteiger partial charge in [-0.15, -0.1) is 0 Å². The van der Waals surface area contributed by atoms with Gasteiger partial charge < -0.3 is 5.32 Å². The highest BCUT2D eigenvalue weighted by molar-refractivity contribution is 5.36. The van der Waals surface area contributed by atoms with Crippen molar-refractivity contribution in [2.24, 2.45) is 5.92 Å². The number of aromatic nitrogens is 1. The minimum Gasteiger partial charge on any atom is -0.316 e. The number of rotatable bonds is 1. The van der Waals surface area contributed by atoms with Crippen LogP contribution >= 0.6 is 0 Å². The number of hydrogen-bond donors (Lipinski definition) is 1. The SMILES string of the molecule is FC(F)(F)c1ccc([C@]23CNC[C@H]2C3)cn1. The third-order valence-corrected chi connectivity index (χ3v) is 3.69. The van der Waals surface area contributed by atoms with Crippen molar-refractivity contribution in [3.05, 3.63) is 29.6 Å². The minimum absolute atomic E-state index is 0.0805. The smallest absolute Gasteiger partial charge is 0.316 e. The van der Waals surface area contributed by atoms with Gasteiger partial charge in [0.1, 0.15) is 5.69 Å². The highest BCUT2D eigenvalue weighted by Crippen LogP contribution is 2.56. The zero-order valence-corrected chi connectivity index (χ0v) is 8.51. The summed E-state index contributed by atoms with van der Waals surface area (Å²) in [7, 11) is 0. The number of nitrogens with zero attached hydrogens (tertiary/aromatic N) is 1. The maximum atomic E-state index is 12.3. The van der Waals surface area contributed by atoms with E-state index in [0.717, 1.165) is 31.1 Å². The van der Waals surface area contributed by atoms with Crippen molar-refractivity contribution >= 4 is 0 Å². The van der Waals surface area contributed by atoms with E-state index in [1.807, 2.05) is 0 Å². The molecule has 1 N–H and O–H groups in total. The fourth-order valence-corrected chi connectivity index (χ4v) is 2.65. The second-order valence-corrected chi connectivity index (χ2v) is 4.62. The summed E-state index contributed by atoms with van der Waals surface area (Å²) >= 11 is 0. The lowest BCUT2D eigenvalue weighted by Crippen LogP contribution is -2.19. The molecular formula is C11H11F3N2. The number of pyridine rings is 1. The summed E-state index contributed by atoms with van der Waals surface area (Å²) in [4.78, 5) is 3.51. The molecule has 0 aromatic carbocycles. The molecule has 2 atom stereocenters. The first-order valence-electron chi connectivity index (χ1n) is 5.27. The van der Waals surface area contributed by atoms with Crippen LogP contribution in [0.3, 0.4) is 0 Å². The van der Waals surface area contributed by atoms with E-state index in [9.17, 15) is 13.2 Å². The van der Waals surface area contributed by atoms with Gasteiger partial charge in [0.15, 0.2) is 0 Å². The van der Waals surface area contributed by atoms with Crippen molar-refractivity contribution in [1.29, 1.82) is 0 Å². The van der Waals surface area contributed by atoms with Crippen molar-refractivity contribution < 1.29 is 13.2 Å². The van der Waals surface area contributed by atoms with Crippen LogP contribution in [0.4, 0.5) is 13.2 Å². The van der Waals surface area contributed by atoms with Crippen LogP contribution in [-0.4, -0.2) is 18.1 Å². The first-order valence-corrected chi connectivity index (χ1v) is 5.27. The first-order chi connectivity index (χ1) is 7.52. The van der Waals surface area contributed by atoms with E-state index in [0.29, 0.717) is 5.92 Å². The summed E-state index contributed by atoms with van der Waals surface area (Å²) in [5.74, 6) is 0.589. The Labute approximate surface area is 90.9 Å². The Morgan fingerprint density at radius 2 is 2.19 bits per heavy atom. The zero-order chi connectivity index (χ0) is 11.4. The van der Waals surface area contributed by atoms with Crippen molar-refractivity contribution in [2.45, 2.75) is 18.0 Å². The summed E-state index contributed by atoms with van der Waals surface area (Å²) in [6.07, 6.45) is -1.88. The molecule has 1 aliphatic heterocycles. The van der Waals surface area contributed by atoms with Gasteiger partial charge in [-0.25, -0.2) is 0 Å². The molecule has 1 aliphatic carbocycles. The van der Waals surface area contributed by atoms with E-state index in [1.54, 1.807) is 6.07 Å². The number of hydrogen-bond acceptors (Lipinski definition) is 2. The van der Waals surface area contributed by atoms with Crippen LogP contribution in [0, 0.1) is 5.92 Å². The lowest BCUT2D eigenvalue weighted by molar-refractivity contribution is -0.141. The maximum absolute atomic E-state index is 12.3. The Morgan fingerprint density at radius 3 is 2.62 bits per heavy atom. The molecule has 0 amide bonds. The molecule has 86 valence electrons. The zero-order valence-electron chi connectivity index (χ0n) is 8.51. The maximum Gasteiger partial charge on any atom is 0.433 e. The van der Waals surface area contributed by atoms with Crippen LogP contribution in [0.5, 0.6) is 0 Å². The topological polar surface area (TPSA) is 24.9 Å². The number of alkyl halides is 3. The molecule has 0 bridgehead atoms. The van der Waals surface area contributed by atoms with Crippen molar-refractivity contribution in [3.63, 3.8) is 0 Å². The lowest BCUT2D eigenvalue weighted by Gasteiger charge is -2.13. The van der Waals surface area contributed by atoms with E-state index in [4.69, 9.17) is 0 Å². The van der Waals surface area contributed by atoms with Gasteiger partial charge in [-0.1, -0.05) is 6.07 Å². The van der Waals surface area contributed by atoms with Gasteiger partial charge in [-0.3, -0.25) is 4.98 Å². The van der Waals surface area contributed by atoms with Gasteiger partial charge in [-0.2, -0.15) is 13.2 Å². The average Bonchev–Trinajstić information content (AvgIpc) is 2.81. The van der Waals surface area contributed by atoms with Crippen LogP contribution in [0.25, 0.3) is 0 Å². The Morgan fingerprint density at radius 1 is 1.38 bits per heavy atom. The Hall–Kier alpha value is -1.10. The van der Waals surface area contributed by atoms with E-state index < -0.39 is 11.9 Å². The first kappa shape index (κ1) is 10.1. The highest BCUT2D eigenvalue weighted by Gasteiger charge is 2.58. The number of nitrogens with one attached hydrogen (secondary N) is 1. The Bertz CT molecular complexity index is 412. The molecular weight excluding hydrogens is 217 g/mol. The third-order valence-electron chi connectivity index (χ3n) is 3.69. The number of halogens is 3. The molecule has 0 unspecified atom stereocenters. The van der Waals surface area contributed by atoms with Gasteiger partial charge in [-0.05, 0) is 30.5 Å². The largest absolute Gasteiger partial charge is 0.433 e. The van der Waals surface area contributed by atoms with Crippen LogP contribution in [-0.2, 0) is 11.6 Å². The van der Waals surface area contributed by atoms with Crippen LogP contribution in [0.1, 0.15) is 17.7 Å². The monoisotopic (exact) mass is 228 g/mol. The molecule has 2 heterocycles. The quantitative estimate of drug-likeness (QED) is 0.794. The standard InChI is InChI=1S/C11H11F3N2/c12-11(13,14)9-2-1-7(5-16-9)10-3-8(10)4-15-6-10/h1-2,5,8,15H,3-4,6H2/t8-,10+/m1/s1. The highest BCUT2D eigenvalue weighted by atomic mass is 19.4. The summed E-state index contributed by atoms with van der Waals surface area (Å²) in [5.41, 5.74) is 0.211. The predicted molar refractivity (Wildman–Crippen MR) is 51.9 cm³/mol. The van der Waals surface area contributed by atoms with E-state index in [-0.39, 0.29) is 5.41 Å².